The van der Waals surface area contributed by atoms with Gasteiger partial charge in [0.1, 0.15) is 10.7 Å². The van der Waals surface area contributed by atoms with Gasteiger partial charge in [-0.3, -0.25) is 4.79 Å². The van der Waals surface area contributed by atoms with Crippen LogP contribution in [0.3, 0.4) is 0 Å². The van der Waals surface area contributed by atoms with Gasteiger partial charge in [-0.25, -0.2) is 4.98 Å². The first-order valence-corrected chi connectivity index (χ1v) is 8.74. The van der Waals surface area contributed by atoms with Crippen LogP contribution in [0.15, 0.2) is 53.9 Å². The summed E-state index contributed by atoms with van der Waals surface area (Å²) in [6, 6.07) is 16.4. The number of carbonyl (C=O) groups is 1. The van der Waals surface area contributed by atoms with Crippen LogP contribution in [-0.2, 0) is 6.54 Å². The highest BCUT2D eigenvalue weighted by Crippen LogP contribution is 2.24. The van der Waals surface area contributed by atoms with Gasteiger partial charge in [-0.15, -0.1) is 11.3 Å². The minimum atomic E-state index is -0.0508. The van der Waals surface area contributed by atoms with E-state index in [4.69, 9.17) is 0 Å². The summed E-state index contributed by atoms with van der Waals surface area (Å²) >= 11 is 1.50. The molecular formula is C20H20N2OS. The van der Waals surface area contributed by atoms with Crippen LogP contribution in [-0.4, -0.2) is 22.8 Å². The number of benzene rings is 2. The number of thiazole rings is 1. The van der Waals surface area contributed by atoms with Gasteiger partial charge in [0.15, 0.2) is 0 Å². The predicted molar refractivity (Wildman–Crippen MR) is 99.3 cm³/mol. The quantitative estimate of drug-likeness (QED) is 0.692. The third-order valence-electron chi connectivity index (χ3n) is 3.91. The number of amides is 1. The lowest BCUT2D eigenvalue weighted by molar-refractivity contribution is 0.0780. The van der Waals surface area contributed by atoms with Gasteiger partial charge in [0.05, 0.1) is 0 Å². The maximum Gasteiger partial charge on any atom is 0.273 e. The van der Waals surface area contributed by atoms with Crippen molar-refractivity contribution >= 4 is 17.2 Å². The number of aromatic nitrogens is 1. The Morgan fingerprint density at radius 1 is 1.00 bits per heavy atom. The second-order valence-corrected chi connectivity index (χ2v) is 6.91. The minimum Gasteiger partial charge on any atom is -0.336 e. The molecule has 0 aliphatic heterocycles. The van der Waals surface area contributed by atoms with Gasteiger partial charge in [-0.05, 0) is 19.4 Å². The third kappa shape index (κ3) is 3.71. The molecule has 0 saturated carbocycles. The van der Waals surface area contributed by atoms with Crippen LogP contribution >= 0.6 is 11.3 Å². The van der Waals surface area contributed by atoms with Crippen LogP contribution in [0.5, 0.6) is 0 Å². The summed E-state index contributed by atoms with van der Waals surface area (Å²) in [7, 11) is 1.81. The lowest BCUT2D eigenvalue weighted by Crippen LogP contribution is -2.26. The number of rotatable bonds is 4. The van der Waals surface area contributed by atoms with E-state index in [0.29, 0.717) is 12.2 Å². The molecule has 0 N–H and O–H groups in total. The van der Waals surface area contributed by atoms with Gasteiger partial charge in [0.25, 0.3) is 5.91 Å². The van der Waals surface area contributed by atoms with Gasteiger partial charge in [-0.2, -0.15) is 0 Å². The summed E-state index contributed by atoms with van der Waals surface area (Å²) in [6.45, 7) is 4.69. The summed E-state index contributed by atoms with van der Waals surface area (Å²) in [5.74, 6) is -0.0508. The van der Waals surface area contributed by atoms with Crippen LogP contribution in [0.25, 0.3) is 10.6 Å². The molecular weight excluding hydrogens is 316 g/mol. The fraction of sp³-hybridized carbons (Fsp3) is 0.200. The number of hydrogen-bond donors (Lipinski definition) is 0. The van der Waals surface area contributed by atoms with E-state index < -0.39 is 0 Å². The molecule has 0 unspecified atom stereocenters. The summed E-state index contributed by atoms with van der Waals surface area (Å²) in [4.78, 5) is 18.8. The Kier molecular flexibility index (Phi) is 4.76. The van der Waals surface area contributed by atoms with E-state index in [0.717, 1.165) is 16.1 Å². The molecule has 0 saturated heterocycles. The highest BCUT2D eigenvalue weighted by atomic mass is 32.1. The van der Waals surface area contributed by atoms with Crippen LogP contribution < -0.4 is 0 Å². The fourth-order valence-electron chi connectivity index (χ4n) is 2.44. The summed E-state index contributed by atoms with van der Waals surface area (Å²) < 4.78 is 0. The lowest BCUT2D eigenvalue weighted by Gasteiger charge is -2.16. The molecule has 1 heterocycles. The molecule has 4 heteroatoms. The summed E-state index contributed by atoms with van der Waals surface area (Å²) in [6.07, 6.45) is 0. The molecule has 0 bridgehead atoms. The van der Waals surface area contributed by atoms with Gasteiger partial charge in [-0.1, -0.05) is 59.7 Å². The average Bonchev–Trinajstić information content (AvgIpc) is 3.07. The van der Waals surface area contributed by atoms with Crippen molar-refractivity contribution in [1.29, 1.82) is 0 Å². The Labute approximate surface area is 146 Å². The monoisotopic (exact) mass is 336 g/mol. The topological polar surface area (TPSA) is 33.2 Å². The first-order chi connectivity index (χ1) is 11.5. The maximum absolute atomic E-state index is 12.6. The second kappa shape index (κ2) is 6.97. The number of aryl methyl sites for hydroxylation is 2. The Morgan fingerprint density at radius 2 is 1.58 bits per heavy atom. The molecule has 0 spiro atoms. The summed E-state index contributed by atoms with van der Waals surface area (Å²) in [5.41, 5.74) is 5.10. The fourth-order valence-corrected chi connectivity index (χ4v) is 3.24. The van der Waals surface area contributed by atoms with Gasteiger partial charge < -0.3 is 4.90 Å². The SMILES string of the molecule is Cc1ccc(CN(C)C(=O)c2csc(-c3ccc(C)cc3)n2)cc1. The van der Waals surface area contributed by atoms with E-state index in [1.165, 1.54) is 22.5 Å². The molecule has 122 valence electrons. The Balaban J connectivity index is 1.73. The molecule has 0 atom stereocenters. The molecule has 3 rings (SSSR count). The van der Waals surface area contributed by atoms with Gasteiger partial charge in [0.2, 0.25) is 0 Å². The van der Waals surface area contributed by atoms with Crippen molar-refractivity contribution < 1.29 is 4.79 Å². The molecule has 0 radical (unpaired) electrons. The average molecular weight is 336 g/mol. The number of hydrogen-bond acceptors (Lipinski definition) is 3. The molecule has 1 amide bonds. The van der Waals surface area contributed by atoms with Crippen LogP contribution in [0, 0.1) is 13.8 Å². The van der Waals surface area contributed by atoms with Crippen LogP contribution in [0.2, 0.25) is 0 Å². The molecule has 0 fully saturated rings. The Hall–Kier alpha value is -2.46. The van der Waals surface area contributed by atoms with E-state index in [9.17, 15) is 4.79 Å². The van der Waals surface area contributed by atoms with Crippen LogP contribution in [0.1, 0.15) is 27.2 Å². The molecule has 24 heavy (non-hydrogen) atoms. The third-order valence-corrected chi connectivity index (χ3v) is 4.80. The van der Waals surface area contributed by atoms with E-state index >= 15 is 0 Å². The minimum absolute atomic E-state index is 0.0508. The van der Waals surface area contributed by atoms with Crippen molar-refractivity contribution in [2.45, 2.75) is 20.4 Å². The van der Waals surface area contributed by atoms with Crippen molar-refractivity contribution in [3.8, 4) is 10.6 Å². The zero-order chi connectivity index (χ0) is 17.1. The van der Waals surface area contributed by atoms with E-state index in [1.807, 2.05) is 24.6 Å². The van der Waals surface area contributed by atoms with Gasteiger partial charge >= 0.3 is 0 Å². The smallest absolute Gasteiger partial charge is 0.273 e. The first kappa shape index (κ1) is 16.4. The normalized spacial score (nSPS) is 10.6. The van der Waals surface area contributed by atoms with Crippen molar-refractivity contribution in [2.24, 2.45) is 0 Å². The summed E-state index contributed by atoms with van der Waals surface area (Å²) in [5, 5.41) is 2.71. The van der Waals surface area contributed by atoms with Gasteiger partial charge in [0, 0.05) is 24.5 Å². The lowest BCUT2D eigenvalue weighted by atomic mass is 10.1. The van der Waals surface area contributed by atoms with Crippen LogP contribution in [0.4, 0.5) is 0 Å². The molecule has 2 aromatic carbocycles. The number of nitrogens with zero attached hydrogens (tertiary/aromatic N) is 2. The Bertz CT molecular complexity index is 835. The zero-order valence-corrected chi connectivity index (χ0v) is 14.9. The standard InChI is InChI=1S/C20H20N2OS/c1-14-4-8-16(9-5-14)12-22(3)20(23)18-13-24-19(21-18)17-10-6-15(2)7-11-17/h4-11,13H,12H2,1-3H3. The first-order valence-electron chi connectivity index (χ1n) is 7.86. The van der Waals surface area contributed by atoms with Crippen molar-refractivity contribution in [2.75, 3.05) is 7.05 Å². The molecule has 0 aliphatic carbocycles. The highest BCUT2D eigenvalue weighted by Gasteiger charge is 2.16. The van der Waals surface area contributed by atoms with Crippen molar-refractivity contribution in [1.82, 2.24) is 9.88 Å². The number of carbonyl (C=O) groups excluding carboxylic acids is 1. The predicted octanol–water partition coefficient (Wildman–Crippen LogP) is 4.70. The van der Waals surface area contributed by atoms with E-state index in [-0.39, 0.29) is 5.91 Å². The molecule has 3 aromatic rings. The molecule has 0 aliphatic rings. The van der Waals surface area contributed by atoms with Crippen molar-refractivity contribution in [3.05, 3.63) is 76.3 Å². The van der Waals surface area contributed by atoms with E-state index in [1.54, 1.807) is 4.90 Å². The molecule has 3 nitrogen and oxygen atoms in total. The second-order valence-electron chi connectivity index (χ2n) is 6.05. The molecule has 1 aromatic heterocycles. The largest absolute Gasteiger partial charge is 0.336 e. The maximum atomic E-state index is 12.6. The van der Waals surface area contributed by atoms with E-state index in [2.05, 4.69) is 55.2 Å². The zero-order valence-electron chi connectivity index (χ0n) is 14.1. The Morgan fingerprint density at radius 3 is 2.21 bits per heavy atom. The highest BCUT2D eigenvalue weighted by molar-refractivity contribution is 7.13. The van der Waals surface area contributed by atoms with Crippen molar-refractivity contribution in [3.63, 3.8) is 0 Å².